The zero-order valence-electron chi connectivity index (χ0n) is 16.1. The van der Waals surface area contributed by atoms with E-state index in [0.29, 0.717) is 18.8 Å². The lowest BCUT2D eigenvalue weighted by atomic mass is 10.1. The monoisotopic (exact) mass is 386 g/mol. The lowest BCUT2D eigenvalue weighted by molar-refractivity contribution is -0.130. The third kappa shape index (κ3) is 4.38. The van der Waals surface area contributed by atoms with Crippen LogP contribution in [0.2, 0.25) is 0 Å². The Labute approximate surface area is 164 Å². The summed E-state index contributed by atoms with van der Waals surface area (Å²) < 4.78 is 5.17. The largest absolute Gasteiger partial charge is 0.459 e. The van der Waals surface area contributed by atoms with Crippen molar-refractivity contribution in [2.75, 3.05) is 20.1 Å². The van der Waals surface area contributed by atoms with Gasteiger partial charge in [-0.2, -0.15) is 0 Å². The Balaban J connectivity index is 1.63. The van der Waals surface area contributed by atoms with Gasteiger partial charge in [0.1, 0.15) is 5.37 Å². The number of aryl methyl sites for hydroxylation is 1. The number of furan rings is 1. The molecule has 1 fully saturated rings. The standard InChI is InChI=1S/C21H26N2O3S/c1-4-18-20(25)23(21(27-18)16-10-8-15(2)9-11-16)13-6-12-22(3)19(24)17-7-5-14-26-17/h5,7-11,14,18,21H,4,6,12-13H2,1-3H3/t18-,21-/m0/s1. The van der Waals surface area contributed by atoms with Gasteiger partial charge in [-0.1, -0.05) is 36.8 Å². The van der Waals surface area contributed by atoms with E-state index in [4.69, 9.17) is 4.42 Å². The zero-order valence-corrected chi connectivity index (χ0v) is 16.9. The van der Waals surface area contributed by atoms with Crippen molar-refractivity contribution in [3.05, 3.63) is 59.5 Å². The summed E-state index contributed by atoms with van der Waals surface area (Å²) in [6, 6.07) is 11.8. The Bertz CT molecular complexity index is 773. The molecule has 0 spiro atoms. The molecule has 0 unspecified atom stereocenters. The molecule has 144 valence electrons. The second-order valence-electron chi connectivity index (χ2n) is 6.89. The molecule has 6 heteroatoms. The number of hydrogen-bond acceptors (Lipinski definition) is 4. The van der Waals surface area contributed by atoms with Gasteiger partial charge < -0.3 is 14.2 Å². The van der Waals surface area contributed by atoms with E-state index in [2.05, 4.69) is 38.1 Å². The average molecular weight is 387 g/mol. The molecule has 2 atom stereocenters. The topological polar surface area (TPSA) is 53.8 Å². The smallest absolute Gasteiger partial charge is 0.289 e. The van der Waals surface area contributed by atoms with Crippen LogP contribution in [0.3, 0.4) is 0 Å². The molecule has 27 heavy (non-hydrogen) atoms. The van der Waals surface area contributed by atoms with Gasteiger partial charge in [0.25, 0.3) is 5.91 Å². The molecule has 1 aromatic carbocycles. The maximum atomic E-state index is 12.8. The van der Waals surface area contributed by atoms with E-state index in [0.717, 1.165) is 18.4 Å². The van der Waals surface area contributed by atoms with E-state index < -0.39 is 0 Å². The first kappa shape index (κ1) is 19.5. The van der Waals surface area contributed by atoms with Crippen LogP contribution in [0.4, 0.5) is 0 Å². The van der Waals surface area contributed by atoms with Crippen LogP contribution >= 0.6 is 11.8 Å². The van der Waals surface area contributed by atoms with Gasteiger partial charge in [0.15, 0.2) is 5.76 Å². The Hall–Kier alpha value is -2.21. The molecule has 0 bridgehead atoms. The Morgan fingerprint density at radius 3 is 2.63 bits per heavy atom. The fraction of sp³-hybridized carbons (Fsp3) is 0.429. The van der Waals surface area contributed by atoms with E-state index in [9.17, 15) is 9.59 Å². The second-order valence-corrected chi connectivity index (χ2v) is 8.17. The maximum absolute atomic E-state index is 12.8. The van der Waals surface area contributed by atoms with Gasteiger partial charge in [-0.05, 0) is 37.5 Å². The molecule has 1 aliphatic heterocycles. The maximum Gasteiger partial charge on any atom is 0.289 e. The molecule has 0 saturated carbocycles. The van der Waals surface area contributed by atoms with Crippen LogP contribution < -0.4 is 0 Å². The highest BCUT2D eigenvalue weighted by atomic mass is 32.2. The number of carbonyl (C=O) groups is 2. The van der Waals surface area contributed by atoms with E-state index >= 15 is 0 Å². The number of thioether (sulfide) groups is 1. The van der Waals surface area contributed by atoms with Crippen LogP contribution in [0.25, 0.3) is 0 Å². The SMILES string of the molecule is CC[C@@H]1S[C@@H](c2ccc(C)cc2)N(CCCN(C)C(=O)c2ccco2)C1=O. The molecular weight excluding hydrogens is 360 g/mol. The van der Waals surface area contributed by atoms with Gasteiger partial charge >= 0.3 is 0 Å². The van der Waals surface area contributed by atoms with Crippen LogP contribution in [0, 0.1) is 6.92 Å². The average Bonchev–Trinajstić information content (AvgIpc) is 3.31. The van der Waals surface area contributed by atoms with Crippen LogP contribution in [-0.2, 0) is 4.79 Å². The normalized spacial score (nSPS) is 19.5. The van der Waals surface area contributed by atoms with Crippen molar-refractivity contribution < 1.29 is 14.0 Å². The van der Waals surface area contributed by atoms with Gasteiger partial charge in [-0.3, -0.25) is 9.59 Å². The molecule has 2 aromatic rings. The van der Waals surface area contributed by atoms with Crippen molar-refractivity contribution in [2.24, 2.45) is 0 Å². The minimum absolute atomic E-state index is 0.0128. The summed E-state index contributed by atoms with van der Waals surface area (Å²) in [7, 11) is 1.76. The van der Waals surface area contributed by atoms with E-state index in [-0.39, 0.29) is 22.4 Å². The zero-order chi connectivity index (χ0) is 19.4. The van der Waals surface area contributed by atoms with Crippen LogP contribution in [0.1, 0.15) is 46.8 Å². The number of carbonyl (C=O) groups excluding carboxylic acids is 2. The molecule has 1 aliphatic rings. The van der Waals surface area contributed by atoms with Crippen molar-refractivity contribution in [3.8, 4) is 0 Å². The number of amides is 2. The highest BCUT2D eigenvalue weighted by Crippen LogP contribution is 2.44. The second kappa shape index (κ2) is 8.65. The van der Waals surface area contributed by atoms with Gasteiger partial charge in [0.05, 0.1) is 11.5 Å². The van der Waals surface area contributed by atoms with Gasteiger partial charge in [0.2, 0.25) is 5.91 Å². The molecule has 0 N–H and O–H groups in total. The number of benzene rings is 1. The van der Waals surface area contributed by atoms with Gasteiger partial charge in [0, 0.05) is 20.1 Å². The van der Waals surface area contributed by atoms with Crippen LogP contribution in [-0.4, -0.2) is 47.0 Å². The fourth-order valence-electron chi connectivity index (χ4n) is 3.24. The van der Waals surface area contributed by atoms with Crippen molar-refractivity contribution in [2.45, 2.75) is 37.3 Å². The lowest BCUT2D eigenvalue weighted by Crippen LogP contribution is -2.35. The molecule has 0 radical (unpaired) electrons. The van der Waals surface area contributed by atoms with E-state index in [1.807, 2.05) is 4.90 Å². The van der Waals surface area contributed by atoms with Crippen LogP contribution in [0.15, 0.2) is 47.1 Å². The van der Waals surface area contributed by atoms with Crippen molar-refractivity contribution in [1.29, 1.82) is 0 Å². The number of nitrogens with zero attached hydrogens (tertiary/aromatic N) is 2. The van der Waals surface area contributed by atoms with Gasteiger partial charge in [-0.15, -0.1) is 11.8 Å². The van der Waals surface area contributed by atoms with Crippen molar-refractivity contribution in [3.63, 3.8) is 0 Å². The van der Waals surface area contributed by atoms with Crippen LogP contribution in [0.5, 0.6) is 0 Å². The minimum atomic E-state index is -0.136. The molecule has 2 amide bonds. The van der Waals surface area contributed by atoms with E-state index in [1.165, 1.54) is 11.8 Å². The summed E-state index contributed by atoms with van der Waals surface area (Å²) in [4.78, 5) is 28.7. The molecule has 0 aliphatic carbocycles. The highest BCUT2D eigenvalue weighted by Gasteiger charge is 2.39. The number of hydrogen-bond donors (Lipinski definition) is 0. The predicted octanol–water partition coefficient (Wildman–Crippen LogP) is 4.10. The fourth-order valence-corrected chi connectivity index (χ4v) is 4.67. The predicted molar refractivity (Wildman–Crippen MR) is 108 cm³/mol. The Kier molecular flexibility index (Phi) is 6.26. The highest BCUT2D eigenvalue weighted by molar-refractivity contribution is 8.01. The Morgan fingerprint density at radius 1 is 1.26 bits per heavy atom. The van der Waals surface area contributed by atoms with Crippen molar-refractivity contribution >= 4 is 23.6 Å². The first-order valence-corrected chi connectivity index (χ1v) is 10.3. The molecule has 1 aromatic heterocycles. The summed E-state index contributed by atoms with van der Waals surface area (Å²) in [6.45, 7) is 5.33. The third-order valence-corrected chi connectivity index (χ3v) is 6.49. The first-order valence-electron chi connectivity index (χ1n) is 9.32. The summed E-state index contributed by atoms with van der Waals surface area (Å²) in [5, 5.41) is 0.0629. The van der Waals surface area contributed by atoms with Crippen molar-refractivity contribution in [1.82, 2.24) is 9.80 Å². The molecule has 2 heterocycles. The summed E-state index contributed by atoms with van der Waals surface area (Å²) in [6.07, 6.45) is 3.06. The first-order chi connectivity index (χ1) is 13.0. The van der Waals surface area contributed by atoms with Gasteiger partial charge in [-0.25, -0.2) is 0 Å². The molecule has 3 rings (SSSR count). The summed E-state index contributed by atoms with van der Waals surface area (Å²) in [5.41, 5.74) is 2.37. The molecular formula is C21H26N2O3S. The molecule has 1 saturated heterocycles. The Morgan fingerprint density at radius 2 is 2.00 bits per heavy atom. The quantitative estimate of drug-likeness (QED) is 0.719. The third-order valence-electron chi connectivity index (χ3n) is 4.84. The minimum Gasteiger partial charge on any atom is -0.459 e. The molecule has 5 nitrogen and oxygen atoms in total. The summed E-state index contributed by atoms with van der Waals surface area (Å²) >= 11 is 1.73. The summed E-state index contributed by atoms with van der Waals surface area (Å²) in [5.74, 6) is 0.408. The van der Waals surface area contributed by atoms with E-state index in [1.54, 1.807) is 35.8 Å². The number of rotatable bonds is 7. The lowest BCUT2D eigenvalue weighted by Gasteiger charge is -2.25.